The molecule has 1 aliphatic rings. The standard InChI is InChI=1S/C4H7BrO2/c1-3-2-6-4(5)7-3/h3-4H,2H2,1H3. The minimum absolute atomic E-state index is 0.164. The van der Waals surface area contributed by atoms with Gasteiger partial charge in [-0.3, -0.25) is 0 Å². The van der Waals surface area contributed by atoms with Gasteiger partial charge in [-0.2, -0.15) is 0 Å². The maximum Gasteiger partial charge on any atom is 0.215 e. The second-order valence-electron chi connectivity index (χ2n) is 1.55. The molecule has 1 heterocycles. The Morgan fingerprint density at radius 2 is 2.43 bits per heavy atom. The highest BCUT2D eigenvalue weighted by atomic mass is 79.9. The molecular formula is C4H7BrO2. The highest BCUT2D eigenvalue weighted by Crippen LogP contribution is 2.14. The Hall–Kier alpha value is 0.400. The Bertz CT molecular complexity index is 58.7. The van der Waals surface area contributed by atoms with Crippen molar-refractivity contribution in [2.75, 3.05) is 6.61 Å². The van der Waals surface area contributed by atoms with Crippen molar-refractivity contribution in [3.63, 3.8) is 0 Å². The van der Waals surface area contributed by atoms with Crippen molar-refractivity contribution >= 4 is 15.9 Å². The van der Waals surface area contributed by atoms with Crippen LogP contribution in [0.4, 0.5) is 0 Å². The van der Waals surface area contributed by atoms with E-state index < -0.39 is 0 Å². The van der Waals surface area contributed by atoms with Gasteiger partial charge < -0.3 is 9.47 Å². The third kappa shape index (κ3) is 1.40. The zero-order valence-corrected chi connectivity index (χ0v) is 5.64. The maximum atomic E-state index is 5.06. The zero-order valence-electron chi connectivity index (χ0n) is 4.06. The fourth-order valence-electron chi connectivity index (χ4n) is 0.472. The molecule has 1 aliphatic heterocycles. The second kappa shape index (κ2) is 2.11. The Morgan fingerprint density at radius 3 is 2.57 bits per heavy atom. The smallest absolute Gasteiger partial charge is 0.215 e. The molecule has 2 atom stereocenters. The third-order valence-electron chi connectivity index (χ3n) is 0.801. The molecule has 0 bridgehead atoms. The van der Waals surface area contributed by atoms with Crippen LogP contribution in [0.15, 0.2) is 0 Å². The van der Waals surface area contributed by atoms with E-state index in [1.165, 1.54) is 0 Å². The Labute approximate surface area is 50.9 Å². The topological polar surface area (TPSA) is 18.5 Å². The monoisotopic (exact) mass is 166 g/mol. The number of halogens is 1. The van der Waals surface area contributed by atoms with Crippen molar-refractivity contribution in [2.45, 2.75) is 18.2 Å². The summed E-state index contributed by atoms with van der Waals surface area (Å²) in [6.07, 6.45) is 0.254. The second-order valence-corrected chi connectivity index (χ2v) is 2.30. The van der Waals surface area contributed by atoms with Gasteiger partial charge in [0.2, 0.25) is 5.20 Å². The molecule has 0 aromatic rings. The van der Waals surface area contributed by atoms with Gasteiger partial charge in [0, 0.05) is 0 Å². The fraction of sp³-hybridized carbons (Fsp3) is 1.00. The van der Waals surface area contributed by atoms with Crippen LogP contribution in [-0.2, 0) is 9.47 Å². The van der Waals surface area contributed by atoms with Gasteiger partial charge in [-0.15, -0.1) is 0 Å². The molecule has 3 heteroatoms. The lowest BCUT2D eigenvalue weighted by Gasteiger charge is -1.96. The first-order valence-electron chi connectivity index (χ1n) is 2.20. The molecule has 1 rings (SSSR count). The van der Waals surface area contributed by atoms with Gasteiger partial charge >= 0.3 is 0 Å². The molecule has 0 aromatic heterocycles. The highest BCUT2D eigenvalue weighted by Gasteiger charge is 2.18. The lowest BCUT2D eigenvalue weighted by atomic mass is 10.5. The van der Waals surface area contributed by atoms with Crippen molar-refractivity contribution in [1.82, 2.24) is 0 Å². The molecule has 0 spiro atoms. The van der Waals surface area contributed by atoms with Gasteiger partial charge in [-0.1, -0.05) is 0 Å². The molecule has 0 aliphatic carbocycles. The molecule has 1 fully saturated rings. The van der Waals surface area contributed by atoms with Crippen LogP contribution in [0, 0.1) is 0 Å². The van der Waals surface area contributed by atoms with Crippen molar-refractivity contribution in [3.8, 4) is 0 Å². The third-order valence-corrected chi connectivity index (χ3v) is 1.28. The van der Waals surface area contributed by atoms with E-state index in [4.69, 9.17) is 9.47 Å². The first-order valence-corrected chi connectivity index (χ1v) is 3.12. The molecular weight excluding hydrogens is 160 g/mol. The Balaban J connectivity index is 2.26. The molecule has 2 nitrogen and oxygen atoms in total. The molecule has 0 N–H and O–H groups in total. The van der Waals surface area contributed by atoms with Gasteiger partial charge in [0.05, 0.1) is 12.7 Å². The molecule has 7 heavy (non-hydrogen) atoms. The molecule has 42 valence electrons. The van der Waals surface area contributed by atoms with E-state index in [-0.39, 0.29) is 11.3 Å². The molecule has 0 aromatic carbocycles. The van der Waals surface area contributed by atoms with Crippen molar-refractivity contribution in [3.05, 3.63) is 0 Å². The SMILES string of the molecule is CC1COC(Br)O1. The molecule has 2 unspecified atom stereocenters. The van der Waals surface area contributed by atoms with E-state index in [0.717, 1.165) is 0 Å². The van der Waals surface area contributed by atoms with Crippen molar-refractivity contribution < 1.29 is 9.47 Å². The minimum Gasteiger partial charge on any atom is -0.341 e. The lowest BCUT2D eigenvalue weighted by Crippen LogP contribution is -2.01. The van der Waals surface area contributed by atoms with Crippen LogP contribution in [-0.4, -0.2) is 17.9 Å². The summed E-state index contributed by atoms with van der Waals surface area (Å²) < 4.78 is 10.0. The lowest BCUT2D eigenvalue weighted by molar-refractivity contribution is 0.0243. The summed E-state index contributed by atoms with van der Waals surface area (Å²) >= 11 is 3.13. The minimum atomic E-state index is -0.164. The quantitative estimate of drug-likeness (QED) is 0.503. The van der Waals surface area contributed by atoms with Crippen LogP contribution in [0.2, 0.25) is 0 Å². The number of alkyl halides is 1. The summed E-state index contributed by atoms with van der Waals surface area (Å²) in [5.74, 6) is 0. The number of hydrogen-bond donors (Lipinski definition) is 0. The average Bonchev–Trinajstić information content (AvgIpc) is 1.87. The van der Waals surface area contributed by atoms with Gasteiger partial charge in [0.1, 0.15) is 0 Å². The average molecular weight is 167 g/mol. The number of hydrogen-bond acceptors (Lipinski definition) is 2. The molecule has 0 amide bonds. The van der Waals surface area contributed by atoms with Gasteiger partial charge in [-0.25, -0.2) is 0 Å². The van der Waals surface area contributed by atoms with Crippen LogP contribution in [0.1, 0.15) is 6.92 Å². The van der Waals surface area contributed by atoms with Crippen LogP contribution in [0.5, 0.6) is 0 Å². The molecule has 0 radical (unpaired) electrons. The van der Waals surface area contributed by atoms with Crippen molar-refractivity contribution in [2.24, 2.45) is 0 Å². The molecule has 0 saturated carbocycles. The van der Waals surface area contributed by atoms with Gasteiger partial charge in [-0.05, 0) is 22.9 Å². The summed E-state index contributed by atoms with van der Waals surface area (Å²) in [6.45, 7) is 2.68. The first kappa shape index (κ1) is 5.54. The summed E-state index contributed by atoms with van der Waals surface area (Å²) in [6, 6.07) is 0. The summed E-state index contributed by atoms with van der Waals surface area (Å²) in [5, 5.41) is -0.164. The van der Waals surface area contributed by atoms with Crippen LogP contribution >= 0.6 is 15.9 Å². The van der Waals surface area contributed by atoms with Crippen molar-refractivity contribution in [1.29, 1.82) is 0 Å². The van der Waals surface area contributed by atoms with Crippen LogP contribution in [0.3, 0.4) is 0 Å². The predicted octanol–water partition coefficient (Wildman–Crippen LogP) is 1.10. The summed E-state index contributed by atoms with van der Waals surface area (Å²) in [7, 11) is 0. The fourth-order valence-corrected chi connectivity index (χ4v) is 0.993. The number of rotatable bonds is 0. The summed E-state index contributed by atoms with van der Waals surface area (Å²) in [4.78, 5) is 0. The van der Waals surface area contributed by atoms with E-state index in [1.807, 2.05) is 6.92 Å². The molecule has 1 saturated heterocycles. The zero-order chi connectivity index (χ0) is 5.28. The summed E-state index contributed by atoms with van der Waals surface area (Å²) in [5.41, 5.74) is 0. The van der Waals surface area contributed by atoms with E-state index in [1.54, 1.807) is 0 Å². The largest absolute Gasteiger partial charge is 0.341 e. The van der Waals surface area contributed by atoms with Gasteiger partial charge in [0.25, 0.3) is 0 Å². The van der Waals surface area contributed by atoms with E-state index in [0.29, 0.717) is 6.61 Å². The predicted molar refractivity (Wildman–Crippen MR) is 29.2 cm³/mol. The Morgan fingerprint density at radius 1 is 1.71 bits per heavy atom. The normalized spacial score (nSPS) is 42.0. The first-order chi connectivity index (χ1) is 3.29. The van der Waals surface area contributed by atoms with E-state index in [2.05, 4.69) is 15.9 Å². The van der Waals surface area contributed by atoms with Gasteiger partial charge in [0.15, 0.2) is 0 Å². The van der Waals surface area contributed by atoms with E-state index >= 15 is 0 Å². The maximum absolute atomic E-state index is 5.06. The Kier molecular flexibility index (Phi) is 1.67. The highest BCUT2D eigenvalue weighted by molar-refractivity contribution is 9.09. The van der Waals surface area contributed by atoms with Crippen LogP contribution in [0.25, 0.3) is 0 Å². The number of ether oxygens (including phenoxy) is 2. The van der Waals surface area contributed by atoms with E-state index in [9.17, 15) is 0 Å². The van der Waals surface area contributed by atoms with Crippen LogP contribution < -0.4 is 0 Å².